The van der Waals surface area contributed by atoms with Gasteiger partial charge in [-0.2, -0.15) is 0 Å². The van der Waals surface area contributed by atoms with E-state index in [4.69, 9.17) is 4.98 Å². The second-order valence-electron chi connectivity index (χ2n) is 6.45. The lowest BCUT2D eigenvalue weighted by Crippen LogP contribution is -2.44. The summed E-state index contributed by atoms with van der Waals surface area (Å²) < 4.78 is 3.54. The highest BCUT2D eigenvalue weighted by atomic mass is 79.9. The fourth-order valence-electron chi connectivity index (χ4n) is 3.59. The summed E-state index contributed by atoms with van der Waals surface area (Å²) in [6, 6.07) is 6.87. The third-order valence-electron chi connectivity index (χ3n) is 4.79. The topological polar surface area (TPSA) is 29.9 Å². The Hall–Kier alpha value is -0.870. The van der Waals surface area contributed by atoms with Crippen LogP contribution in [0.25, 0.3) is 11.0 Å². The monoisotopic (exact) mass is 349 g/mol. The second-order valence-corrected chi connectivity index (χ2v) is 7.36. The average Bonchev–Trinajstić information content (AvgIpc) is 2.87. The molecule has 3 rings (SSSR count). The van der Waals surface area contributed by atoms with Crippen LogP contribution in [-0.4, -0.2) is 22.6 Å². The van der Waals surface area contributed by atoms with E-state index in [0.717, 1.165) is 29.5 Å². The summed E-state index contributed by atoms with van der Waals surface area (Å²) in [5, 5.41) is 3.58. The first-order valence-corrected chi connectivity index (χ1v) is 8.75. The second kappa shape index (κ2) is 5.73. The number of nitrogens with one attached hydrogen (secondary N) is 1. The molecule has 2 heterocycles. The lowest BCUT2D eigenvalue weighted by Gasteiger charge is -2.37. The largest absolute Gasteiger partial charge is 0.325 e. The van der Waals surface area contributed by atoms with Gasteiger partial charge in [0, 0.05) is 22.5 Å². The minimum absolute atomic E-state index is 0.175. The van der Waals surface area contributed by atoms with E-state index in [-0.39, 0.29) is 5.41 Å². The zero-order valence-electron chi connectivity index (χ0n) is 13.1. The molecule has 0 saturated carbocycles. The van der Waals surface area contributed by atoms with Crippen LogP contribution in [0.15, 0.2) is 22.7 Å². The van der Waals surface area contributed by atoms with Crippen LogP contribution in [0.4, 0.5) is 0 Å². The molecule has 1 unspecified atom stereocenters. The molecule has 1 saturated heterocycles. The first-order chi connectivity index (χ1) is 10.1. The van der Waals surface area contributed by atoms with Gasteiger partial charge in [0.2, 0.25) is 0 Å². The quantitative estimate of drug-likeness (QED) is 0.889. The summed E-state index contributed by atoms with van der Waals surface area (Å²) >= 11 is 3.57. The predicted molar refractivity (Wildman–Crippen MR) is 91.9 cm³/mol. The molecule has 1 aromatic heterocycles. The molecule has 114 valence electrons. The highest BCUT2D eigenvalue weighted by molar-refractivity contribution is 9.10. The molecule has 4 heteroatoms. The van der Waals surface area contributed by atoms with E-state index in [1.54, 1.807) is 0 Å². The molecule has 2 aromatic rings. The Labute approximate surface area is 135 Å². The van der Waals surface area contributed by atoms with Crippen LogP contribution in [0.3, 0.4) is 0 Å². The number of imidazole rings is 1. The van der Waals surface area contributed by atoms with Gasteiger partial charge in [-0.15, -0.1) is 0 Å². The smallest absolute Gasteiger partial charge is 0.117 e. The Morgan fingerprint density at radius 3 is 2.86 bits per heavy atom. The summed E-state index contributed by atoms with van der Waals surface area (Å²) in [5.41, 5.74) is 2.53. The zero-order valence-corrected chi connectivity index (χ0v) is 14.7. The summed E-state index contributed by atoms with van der Waals surface area (Å²) in [6.07, 6.45) is 3.60. The van der Waals surface area contributed by atoms with Gasteiger partial charge >= 0.3 is 0 Å². The number of piperidine rings is 1. The number of fused-ring (bicyclic) bond motifs is 1. The van der Waals surface area contributed by atoms with Crippen molar-refractivity contribution in [3.05, 3.63) is 28.5 Å². The summed E-state index contributed by atoms with van der Waals surface area (Å²) in [4.78, 5) is 5.05. The molecule has 0 spiro atoms. The van der Waals surface area contributed by atoms with Crippen LogP contribution in [0.5, 0.6) is 0 Å². The van der Waals surface area contributed by atoms with Gasteiger partial charge in [0.1, 0.15) is 5.82 Å². The summed E-state index contributed by atoms with van der Waals surface area (Å²) in [7, 11) is 0. The van der Waals surface area contributed by atoms with E-state index >= 15 is 0 Å². The third kappa shape index (κ3) is 2.53. The van der Waals surface area contributed by atoms with Crippen LogP contribution < -0.4 is 5.32 Å². The van der Waals surface area contributed by atoms with Crippen LogP contribution in [-0.2, 0) is 5.41 Å². The van der Waals surface area contributed by atoms with E-state index in [2.05, 4.69) is 64.8 Å². The molecule has 1 atom stereocenters. The fourth-order valence-corrected chi connectivity index (χ4v) is 3.94. The molecular weight excluding hydrogens is 326 g/mol. The highest BCUT2D eigenvalue weighted by Crippen LogP contribution is 2.37. The molecule has 21 heavy (non-hydrogen) atoms. The molecule has 1 aliphatic heterocycles. The van der Waals surface area contributed by atoms with Gasteiger partial charge < -0.3 is 9.88 Å². The highest BCUT2D eigenvalue weighted by Gasteiger charge is 2.37. The molecule has 0 aliphatic carbocycles. The lowest BCUT2D eigenvalue weighted by molar-refractivity contribution is 0.276. The van der Waals surface area contributed by atoms with Crippen LogP contribution in [0.2, 0.25) is 0 Å². The van der Waals surface area contributed by atoms with Gasteiger partial charge in [0.25, 0.3) is 0 Å². The SMILES string of the molecule is CCC1(c2nc3cc(Br)ccc3n2C(C)C)CCCNC1. The van der Waals surface area contributed by atoms with E-state index in [0.29, 0.717) is 6.04 Å². The lowest BCUT2D eigenvalue weighted by atomic mass is 9.77. The van der Waals surface area contributed by atoms with E-state index in [1.807, 2.05) is 0 Å². The first kappa shape index (κ1) is 15.0. The van der Waals surface area contributed by atoms with Gasteiger partial charge in [-0.3, -0.25) is 0 Å². The van der Waals surface area contributed by atoms with Crippen molar-refractivity contribution in [1.82, 2.24) is 14.9 Å². The van der Waals surface area contributed by atoms with Crippen molar-refractivity contribution in [2.75, 3.05) is 13.1 Å². The third-order valence-corrected chi connectivity index (χ3v) is 5.28. The average molecular weight is 350 g/mol. The Bertz CT molecular complexity index is 639. The maximum atomic E-state index is 5.05. The molecule has 3 nitrogen and oxygen atoms in total. The van der Waals surface area contributed by atoms with Crippen molar-refractivity contribution in [2.45, 2.75) is 51.5 Å². The normalized spacial score (nSPS) is 23.1. The van der Waals surface area contributed by atoms with Gasteiger partial charge in [0.05, 0.1) is 11.0 Å². The number of benzene rings is 1. The van der Waals surface area contributed by atoms with Crippen LogP contribution in [0.1, 0.15) is 51.9 Å². The Balaban J connectivity index is 2.22. The van der Waals surface area contributed by atoms with Crippen LogP contribution in [0, 0.1) is 0 Å². The van der Waals surface area contributed by atoms with Crippen molar-refractivity contribution >= 4 is 27.0 Å². The molecular formula is C17H24BrN3. The van der Waals surface area contributed by atoms with Crippen LogP contribution >= 0.6 is 15.9 Å². The minimum Gasteiger partial charge on any atom is -0.325 e. The first-order valence-electron chi connectivity index (χ1n) is 7.96. The number of nitrogens with zero attached hydrogens (tertiary/aromatic N) is 2. The Kier molecular flexibility index (Phi) is 4.10. The van der Waals surface area contributed by atoms with Gasteiger partial charge in [-0.05, 0) is 57.9 Å². The van der Waals surface area contributed by atoms with E-state index in [1.165, 1.54) is 24.2 Å². The van der Waals surface area contributed by atoms with Crippen molar-refractivity contribution in [1.29, 1.82) is 0 Å². The molecule has 1 aliphatic rings. The van der Waals surface area contributed by atoms with Crippen molar-refractivity contribution in [2.24, 2.45) is 0 Å². The molecule has 0 radical (unpaired) electrons. The van der Waals surface area contributed by atoms with E-state index < -0.39 is 0 Å². The zero-order chi connectivity index (χ0) is 15.0. The van der Waals surface area contributed by atoms with Crippen molar-refractivity contribution in [3.63, 3.8) is 0 Å². The minimum atomic E-state index is 0.175. The molecule has 0 bridgehead atoms. The maximum absolute atomic E-state index is 5.05. The number of aromatic nitrogens is 2. The number of rotatable bonds is 3. The number of hydrogen-bond donors (Lipinski definition) is 1. The van der Waals surface area contributed by atoms with E-state index in [9.17, 15) is 0 Å². The van der Waals surface area contributed by atoms with Crippen molar-refractivity contribution < 1.29 is 0 Å². The van der Waals surface area contributed by atoms with Gasteiger partial charge in [-0.25, -0.2) is 4.98 Å². The predicted octanol–water partition coefficient (Wildman–Crippen LogP) is 4.41. The van der Waals surface area contributed by atoms with Crippen molar-refractivity contribution in [3.8, 4) is 0 Å². The molecule has 1 N–H and O–H groups in total. The molecule has 1 fully saturated rings. The summed E-state index contributed by atoms with van der Waals surface area (Å²) in [6.45, 7) is 8.99. The molecule has 0 amide bonds. The van der Waals surface area contributed by atoms with Gasteiger partial charge in [0.15, 0.2) is 0 Å². The Morgan fingerprint density at radius 1 is 1.43 bits per heavy atom. The number of halogens is 1. The Morgan fingerprint density at radius 2 is 2.24 bits per heavy atom. The standard InChI is InChI=1S/C17H24BrN3/c1-4-17(8-5-9-19-11-17)16-20-14-10-13(18)6-7-15(14)21(16)12(2)3/h6-7,10,12,19H,4-5,8-9,11H2,1-3H3. The maximum Gasteiger partial charge on any atom is 0.117 e. The molecule has 1 aromatic carbocycles. The van der Waals surface area contributed by atoms with Gasteiger partial charge in [-0.1, -0.05) is 22.9 Å². The number of hydrogen-bond acceptors (Lipinski definition) is 2. The fraction of sp³-hybridized carbons (Fsp3) is 0.588. The summed E-state index contributed by atoms with van der Waals surface area (Å²) in [5.74, 6) is 1.26.